The lowest BCUT2D eigenvalue weighted by molar-refractivity contribution is -0.180. The SMILES string of the molecule is CO[C@H]1C[C@H]2C=CC3C4C(O)[C@@H](C)[C@@H](OC(=O)C5=CC=CC5)[C@@H]3O[C@]42/C(C)=C/[C@@H](C)[C@@H]([C@@H](C)OC(=O)C(=O)NCc2ccccc2Cl)OC1=O. The van der Waals surface area contributed by atoms with Crippen molar-refractivity contribution in [1.82, 2.24) is 5.32 Å². The highest BCUT2D eigenvalue weighted by Gasteiger charge is 2.69. The monoisotopic (exact) mass is 709 g/mol. The number of cyclic esters (lactones) is 1. The molecule has 1 saturated carbocycles. The van der Waals surface area contributed by atoms with E-state index in [2.05, 4.69) is 5.32 Å². The van der Waals surface area contributed by atoms with E-state index in [1.807, 2.05) is 51.2 Å². The largest absolute Gasteiger partial charge is 0.456 e. The van der Waals surface area contributed by atoms with Crippen molar-refractivity contribution in [3.63, 3.8) is 0 Å². The van der Waals surface area contributed by atoms with Gasteiger partial charge in [-0.3, -0.25) is 4.79 Å². The van der Waals surface area contributed by atoms with Crippen molar-refractivity contribution in [3.8, 4) is 0 Å². The standard InChI is InChI=1S/C38H44ClNO10/c1-19-16-20(2)38-25(14-15-26-29(38)30(41)21(3)32(33(26)50-38)49-35(43)23-10-6-7-11-23)17-28(46-5)36(44)48-31(19)22(4)47-37(45)34(42)40-18-24-12-8-9-13-27(24)39/h6-10,12-16,19,21-22,25-26,28-33,41H,11,17-18H2,1-5H3,(H,40,42)/b20-16+/t19-,21-,22-,25-,26?,28+,29?,30?,31+,32-,33-,38+/m1/s1. The van der Waals surface area contributed by atoms with Gasteiger partial charge >= 0.3 is 23.8 Å². The third-order valence-electron chi connectivity index (χ3n) is 11.0. The summed E-state index contributed by atoms with van der Waals surface area (Å²) in [5.74, 6) is -5.18. The van der Waals surface area contributed by atoms with Gasteiger partial charge in [0.1, 0.15) is 30.0 Å². The molecule has 12 atom stereocenters. The minimum atomic E-state index is -1.14. The molecule has 1 aromatic rings. The summed E-state index contributed by atoms with van der Waals surface area (Å²) in [6.07, 6.45) is 6.87. The Labute approximate surface area is 296 Å². The zero-order valence-corrected chi connectivity index (χ0v) is 29.5. The predicted molar refractivity (Wildman–Crippen MR) is 181 cm³/mol. The van der Waals surface area contributed by atoms with Crippen LogP contribution in [-0.4, -0.2) is 78.3 Å². The summed E-state index contributed by atoms with van der Waals surface area (Å²) in [6.45, 7) is 7.20. The number of carbonyl (C=O) groups excluding carboxylic acids is 4. The Morgan fingerprint density at radius 2 is 1.94 bits per heavy atom. The summed E-state index contributed by atoms with van der Waals surface area (Å²) < 4.78 is 30.3. The molecule has 268 valence electrons. The van der Waals surface area contributed by atoms with Crippen LogP contribution in [-0.2, 0) is 49.4 Å². The van der Waals surface area contributed by atoms with Crippen LogP contribution in [0.2, 0.25) is 5.02 Å². The molecule has 2 aliphatic heterocycles. The molecule has 11 nitrogen and oxygen atoms in total. The molecule has 1 spiro atoms. The maximum atomic E-state index is 13.7. The van der Waals surface area contributed by atoms with Gasteiger partial charge in [0.15, 0.2) is 6.10 Å². The first-order valence-electron chi connectivity index (χ1n) is 17.1. The molecule has 2 fully saturated rings. The molecule has 5 aliphatic rings. The van der Waals surface area contributed by atoms with E-state index < -0.39 is 83.8 Å². The molecule has 4 bridgehead atoms. The summed E-state index contributed by atoms with van der Waals surface area (Å²) in [7, 11) is 1.42. The van der Waals surface area contributed by atoms with E-state index in [9.17, 15) is 24.3 Å². The van der Waals surface area contributed by atoms with Crippen molar-refractivity contribution in [2.45, 2.75) is 89.3 Å². The fraction of sp³-hybridized carbons (Fsp3) is 0.526. The number of aliphatic hydroxyl groups excluding tert-OH is 1. The van der Waals surface area contributed by atoms with Gasteiger partial charge < -0.3 is 34.1 Å². The van der Waals surface area contributed by atoms with Gasteiger partial charge in [0.25, 0.3) is 0 Å². The van der Waals surface area contributed by atoms with Crippen molar-refractivity contribution < 1.29 is 48.0 Å². The number of hydrogen-bond donors (Lipinski definition) is 2. The third kappa shape index (κ3) is 6.45. The maximum Gasteiger partial charge on any atom is 0.397 e. The first-order chi connectivity index (χ1) is 23.9. The van der Waals surface area contributed by atoms with Crippen LogP contribution in [0.25, 0.3) is 0 Å². The van der Waals surface area contributed by atoms with Crippen LogP contribution in [0, 0.1) is 29.6 Å². The smallest absolute Gasteiger partial charge is 0.397 e. The molecule has 3 aliphatic carbocycles. The van der Waals surface area contributed by atoms with E-state index in [0.29, 0.717) is 22.6 Å². The number of aliphatic hydroxyl groups is 1. The molecule has 1 saturated heterocycles. The predicted octanol–water partition coefficient (Wildman–Crippen LogP) is 4.17. The number of halogens is 1. The van der Waals surface area contributed by atoms with Crippen molar-refractivity contribution in [2.24, 2.45) is 29.6 Å². The van der Waals surface area contributed by atoms with Crippen LogP contribution in [0.15, 0.2) is 71.9 Å². The number of rotatable bonds is 7. The molecule has 2 heterocycles. The second kappa shape index (κ2) is 14.5. The molecular formula is C38H44ClNO10. The fourth-order valence-electron chi connectivity index (χ4n) is 8.46. The Morgan fingerprint density at radius 1 is 1.18 bits per heavy atom. The molecule has 0 aromatic heterocycles. The van der Waals surface area contributed by atoms with Gasteiger partial charge in [0.2, 0.25) is 0 Å². The van der Waals surface area contributed by atoms with E-state index in [4.69, 9.17) is 35.3 Å². The van der Waals surface area contributed by atoms with Gasteiger partial charge in [-0.15, -0.1) is 0 Å². The van der Waals surface area contributed by atoms with Crippen molar-refractivity contribution in [2.75, 3.05) is 7.11 Å². The van der Waals surface area contributed by atoms with Gasteiger partial charge in [0.05, 0.1) is 6.10 Å². The van der Waals surface area contributed by atoms with Gasteiger partial charge in [-0.2, -0.15) is 0 Å². The quantitative estimate of drug-likeness (QED) is 0.183. The zero-order chi connectivity index (χ0) is 35.9. The maximum absolute atomic E-state index is 13.7. The molecule has 1 amide bonds. The number of hydrogen-bond acceptors (Lipinski definition) is 10. The van der Waals surface area contributed by atoms with Crippen molar-refractivity contribution >= 4 is 35.4 Å². The first-order valence-corrected chi connectivity index (χ1v) is 17.5. The molecule has 1 aromatic carbocycles. The summed E-state index contributed by atoms with van der Waals surface area (Å²) in [5, 5.41) is 14.9. The van der Waals surface area contributed by atoms with E-state index in [1.165, 1.54) is 7.11 Å². The normalized spacial score (nSPS) is 37.4. The van der Waals surface area contributed by atoms with Crippen LogP contribution in [0.1, 0.15) is 46.1 Å². The first kappa shape index (κ1) is 36.0. The van der Waals surface area contributed by atoms with E-state index in [-0.39, 0.29) is 24.8 Å². The van der Waals surface area contributed by atoms with Gasteiger partial charge in [-0.05, 0) is 43.9 Å². The third-order valence-corrected chi connectivity index (χ3v) is 11.4. The van der Waals surface area contributed by atoms with Gasteiger partial charge in [-0.1, -0.05) is 80.1 Å². The van der Waals surface area contributed by atoms with Gasteiger partial charge in [0, 0.05) is 53.8 Å². The van der Waals surface area contributed by atoms with E-state index in [0.717, 1.165) is 5.57 Å². The molecule has 0 radical (unpaired) electrons. The summed E-state index contributed by atoms with van der Waals surface area (Å²) >= 11 is 6.17. The number of ether oxygens (including phenoxy) is 5. The lowest BCUT2D eigenvalue weighted by atomic mass is 9.57. The zero-order valence-electron chi connectivity index (χ0n) is 28.7. The lowest BCUT2D eigenvalue weighted by Crippen LogP contribution is -2.57. The second-order valence-electron chi connectivity index (χ2n) is 14.0. The molecule has 2 N–H and O–H groups in total. The highest BCUT2D eigenvalue weighted by Crippen LogP contribution is 2.61. The van der Waals surface area contributed by atoms with Gasteiger partial charge in [-0.25, -0.2) is 14.4 Å². The fourth-order valence-corrected chi connectivity index (χ4v) is 8.66. The summed E-state index contributed by atoms with van der Waals surface area (Å²) in [4.78, 5) is 52.3. The second-order valence-corrected chi connectivity index (χ2v) is 14.4. The Hall–Kier alpha value is -3.77. The Kier molecular flexibility index (Phi) is 10.4. The molecule has 12 heteroatoms. The number of amides is 1. The topological polar surface area (TPSA) is 147 Å². The highest BCUT2D eigenvalue weighted by atomic mass is 35.5. The van der Waals surface area contributed by atoms with E-state index >= 15 is 0 Å². The van der Waals surface area contributed by atoms with Crippen LogP contribution < -0.4 is 5.32 Å². The Balaban J connectivity index is 1.26. The van der Waals surface area contributed by atoms with Crippen LogP contribution in [0.3, 0.4) is 0 Å². The minimum absolute atomic E-state index is 0.0225. The van der Waals surface area contributed by atoms with Crippen molar-refractivity contribution in [1.29, 1.82) is 0 Å². The number of allylic oxidation sites excluding steroid dienone is 3. The highest BCUT2D eigenvalue weighted by molar-refractivity contribution is 6.33. The molecule has 50 heavy (non-hydrogen) atoms. The molecule has 3 unspecified atom stereocenters. The number of esters is 3. The number of methoxy groups -OCH3 is 1. The van der Waals surface area contributed by atoms with E-state index in [1.54, 1.807) is 37.3 Å². The summed E-state index contributed by atoms with van der Waals surface area (Å²) in [6, 6.07) is 6.93. The molecule has 6 rings (SSSR count). The minimum Gasteiger partial charge on any atom is -0.456 e. The van der Waals surface area contributed by atoms with Crippen molar-refractivity contribution in [3.05, 3.63) is 82.5 Å². The Morgan fingerprint density at radius 3 is 2.64 bits per heavy atom. The van der Waals surface area contributed by atoms with Crippen LogP contribution in [0.4, 0.5) is 0 Å². The summed E-state index contributed by atoms with van der Waals surface area (Å²) in [5.41, 5.74) is 0.920. The Bertz CT molecular complexity index is 1650. The number of benzene rings is 1. The van der Waals surface area contributed by atoms with Crippen LogP contribution >= 0.6 is 11.6 Å². The molecular weight excluding hydrogens is 666 g/mol. The lowest BCUT2D eigenvalue weighted by Gasteiger charge is -2.49. The number of nitrogens with one attached hydrogen (secondary N) is 1. The average Bonchev–Trinajstić information content (AvgIpc) is 3.70. The average molecular weight is 710 g/mol. The number of carbonyl (C=O) groups is 4. The van der Waals surface area contributed by atoms with Crippen LogP contribution in [0.5, 0.6) is 0 Å².